The van der Waals surface area contributed by atoms with Gasteiger partial charge in [-0.3, -0.25) is 14.6 Å². The topological polar surface area (TPSA) is 73.2 Å². The lowest BCUT2D eigenvalue weighted by Crippen LogP contribution is -2.27. The second-order valence-electron chi connectivity index (χ2n) is 7.59. The lowest BCUT2D eigenvalue weighted by molar-refractivity contribution is 0.0951. The zero-order valence-corrected chi connectivity index (χ0v) is 17.4. The number of nitrogens with one attached hydrogen (secondary N) is 1. The third-order valence-corrected chi connectivity index (χ3v) is 4.91. The van der Waals surface area contributed by atoms with Crippen LogP contribution in [0.5, 0.6) is 5.75 Å². The van der Waals surface area contributed by atoms with Crippen molar-refractivity contribution in [1.82, 2.24) is 14.9 Å². The molecule has 29 heavy (non-hydrogen) atoms. The number of amides is 1. The van der Waals surface area contributed by atoms with E-state index < -0.39 is 0 Å². The van der Waals surface area contributed by atoms with Gasteiger partial charge in [-0.2, -0.15) is 0 Å². The van der Waals surface area contributed by atoms with Gasteiger partial charge < -0.3 is 14.6 Å². The van der Waals surface area contributed by atoms with Crippen LogP contribution in [-0.4, -0.2) is 29.1 Å². The monoisotopic (exact) mass is 393 g/mol. The van der Waals surface area contributed by atoms with Crippen molar-refractivity contribution in [1.29, 1.82) is 0 Å². The van der Waals surface area contributed by atoms with Gasteiger partial charge in [0.15, 0.2) is 0 Å². The predicted molar refractivity (Wildman–Crippen MR) is 115 cm³/mol. The first-order chi connectivity index (χ1) is 13.9. The lowest BCUT2D eigenvalue weighted by Gasteiger charge is -2.11. The molecule has 0 saturated carbocycles. The number of pyridine rings is 2. The van der Waals surface area contributed by atoms with Gasteiger partial charge in [-0.05, 0) is 49.1 Å². The Hall–Kier alpha value is -3.15. The summed E-state index contributed by atoms with van der Waals surface area (Å²) >= 11 is 0. The third-order valence-electron chi connectivity index (χ3n) is 4.91. The predicted octanol–water partition coefficient (Wildman–Crippen LogP) is 3.54. The summed E-state index contributed by atoms with van der Waals surface area (Å²) < 4.78 is 6.80. The highest BCUT2D eigenvalue weighted by atomic mass is 16.5. The van der Waals surface area contributed by atoms with Crippen LogP contribution >= 0.6 is 0 Å². The van der Waals surface area contributed by atoms with Gasteiger partial charge in [0.1, 0.15) is 5.75 Å². The van der Waals surface area contributed by atoms with Gasteiger partial charge in [-0.1, -0.05) is 26.0 Å². The minimum atomic E-state index is -0.192. The summed E-state index contributed by atoms with van der Waals surface area (Å²) in [4.78, 5) is 30.1. The molecular weight excluding hydrogens is 366 g/mol. The van der Waals surface area contributed by atoms with E-state index in [9.17, 15) is 9.59 Å². The molecule has 0 aliphatic rings. The number of aromatic nitrogens is 2. The van der Waals surface area contributed by atoms with Crippen molar-refractivity contribution in [2.75, 3.05) is 13.7 Å². The van der Waals surface area contributed by atoms with Gasteiger partial charge in [0.25, 0.3) is 11.5 Å². The number of carbonyl (C=O) groups excluding carboxylic acids is 1. The number of rotatable bonds is 7. The van der Waals surface area contributed by atoms with Crippen LogP contribution in [0, 0.1) is 12.8 Å². The number of nitrogens with zero attached hydrogens (tertiary/aromatic N) is 2. The number of ether oxygens (including phenoxy) is 1. The highest BCUT2D eigenvalue weighted by Crippen LogP contribution is 2.15. The number of benzene rings is 1. The quantitative estimate of drug-likeness (QED) is 0.666. The number of hydrogen-bond donors (Lipinski definition) is 1. The normalized spacial score (nSPS) is 11.1. The van der Waals surface area contributed by atoms with Crippen molar-refractivity contribution in [2.45, 2.75) is 33.7 Å². The molecule has 1 aromatic carbocycles. The molecule has 0 saturated heterocycles. The van der Waals surface area contributed by atoms with Gasteiger partial charge in [0.05, 0.1) is 35.8 Å². The molecule has 2 aromatic heterocycles. The minimum Gasteiger partial charge on any atom is -0.497 e. The third kappa shape index (κ3) is 4.83. The molecule has 0 aliphatic heterocycles. The van der Waals surface area contributed by atoms with E-state index in [1.54, 1.807) is 30.9 Å². The zero-order valence-electron chi connectivity index (χ0n) is 17.4. The highest BCUT2D eigenvalue weighted by Gasteiger charge is 2.14. The summed E-state index contributed by atoms with van der Waals surface area (Å²) in [6, 6.07) is 11.1. The van der Waals surface area contributed by atoms with Gasteiger partial charge in [-0.25, -0.2) is 0 Å². The van der Waals surface area contributed by atoms with E-state index in [2.05, 4.69) is 24.1 Å². The maximum absolute atomic E-state index is 13.0. The van der Waals surface area contributed by atoms with E-state index >= 15 is 0 Å². The van der Waals surface area contributed by atoms with Crippen LogP contribution < -0.4 is 15.6 Å². The van der Waals surface area contributed by atoms with Crippen LogP contribution in [0.4, 0.5) is 0 Å². The van der Waals surface area contributed by atoms with Crippen molar-refractivity contribution in [2.24, 2.45) is 5.92 Å². The number of methoxy groups -OCH3 is 1. The van der Waals surface area contributed by atoms with E-state index in [1.807, 2.05) is 30.3 Å². The van der Waals surface area contributed by atoms with Crippen LogP contribution in [0.25, 0.3) is 10.9 Å². The Bertz CT molecular complexity index is 1070. The summed E-state index contributed by atoms with van der Waals surface area (Å²) in [5, 5.41) is 3.37. The van der Waals surface area contributed by atoms with E-state index in [1.165, 1.54) is 0 Å². The average Bonchev–Trinajstić information content (AvgIpc) is 2.70. The van der Waals surface area contributed by atoms with Crippen LogP contribution in [0.1, 0.15) is 41.9 Å². The Morgan fingerprint density at radius 3 is 2.59 bits per heavy atom. The second-order valence-corrected chi connectivity index (χ2v) is 7.59. The summed E-state index contributed by atoms with van der Waals surface area (Å²) in [6.07, 6.45) is 2.64. The molecule has 0 fully saturated rings. The number of hydrogen-bond acceptors (Lipinski definition) is 4. The fourth-order valence-electron chi connectivity index (χ4n) is 3.16. The second kappa shape index (κ2) is 8.90. The van der Waals surface area contributed by atoms with Crippen molar-refractivity contribution in [3.63, 3.8) is 0 Å². The molecule has 152 valence electrons. The van der Waals surface area contributed by atoms with E-state index in [0.717, 1.165) is 17.7 Å². The van der Waals surface area contributed by atoms with Crippen molar-refractivity contribution >= 4 is 16.8 Å². The minimum absolute atomic E-state index is 0.165. The standard InChI is InChI=1S/C23H27N3O3/c1-15(2)9-11-24-22(27)19-13-20-21(25-16(19)3)10-12-26(23(20)28)14-17-5-7-18(29-4)8-6-17/h5-8,10,12-13,15H,9,11,14H2,1-4H3,(H,24,27). The molecule has 6 heteroatoms. The maximum atomic E-state index is 13.0. The molecular formula is C23H27N3O3. The molecule has 0 atom stereocenters. The Morgan fingerprint density at radius 2 is 1.93 bits per heavy atom. The molecule has 0 aliphatic carbocycles. The van der Waals surface area contributed by atoms with Crippen LogP contribution in [0.2, 0.25) is 0 Å². The molecule has 0 radical (unpaired) electrons. The van der Waals surface area contributed by atoms with E-state index in [0.29, 0.717) is 41.2 Å². The summed E-state index contributed by atoms with van der Waals surface area (Å²) in [5.41, 5.74) is 2.48. The zero-order chi connectivity index (χ0) is 21.0. The molecule has 2 heterocycles. The van der Waals surface area contributed by atoms with Crippen LogP contribution in [0.15, 0.2) is 47.4 Å². The number of aryl methyl sites for hydroxylation is 1. The largest absolute Gasteiger partial charge is 0.497 e. The van der Waals surface area contributed by atoms with E-state index in [-0.39, 0.29) is 11.5 Å². The Labute approximate surface area is 170 Å². The Balaban J connectivity index is 1.90. The molecule has 1 N–H and O–H groups in total. The lowest BCUT2D eigenvalue weighted by atomic mass is 10.1. The van der Waals surface area contributed by atoms with Crippen molar-refractivity contribution in [3.05, 3.63) is 69.8 Å². The molecule has 3 rings (SSSR count). The van der Waals surface area contributed by atoms with Gasteiger partial charge in [-0.15, -0.1) is 0 Å². The first-order valence-electron chi connectivity index (χ1n) is 9.81. The molecule has 6 nitrogen and oxygen atoms in total. The molecule has 3 aromatic rings. The van der Waals surface area contributed by atoms with E-state index in [4.69, 9.17) is 4.74 Å². The summed E-state index contributed by atoms with van der Waals surface area (Å²) in [7, 11) is 1.62. The number of carbonyl (C=O) groups is 1. The molecule has 0 spiro atoms. The van der Waals surface area contributed by atoms with Crippen molar-refractivity contribution in [3.8, 4) is 5.75 Å². The fourth-order valence-corrected chi connectivity index (χ4v) is 3.16. The SMILES string of the molecule is COc1ccc(Cn2ccc3nc(C)c(C(=O)NCCC(C)C)cc3c2=O)cc1. The van der Waals surface area contributed by atoms with Crippen LogP contribution in [0.3, 0.4) is 0 Å². The summed E-state index contributed by atoms with van der Waals surface area (Å²) in [6.45, 7) is 7.05. The van der Waals surface area contributed by atoms with Gasteiger partial charge in [0.2, 0.25) is 0 Å². The average molecular weight is 393 g/mol. The first kappa shape index (κ1) is 20.6. The molecule has 0 unspecified atom stereocenters. The van der Waals surface area contributed by atoms with Crippen molar-refractivity contribution < 1.29 is 9.53 Å². The summed E-state index contributed by atoms with van der Waals surface area (Å²) in [5.74, 6) is 1.09. The Morgan fingerprint density at radius 1 is 1.21 bits per heavy atom. The smallest absolute Gasteiger partial charge is 0.260 e. The Kier molecular flexibility index (Phi) is 6.32. The maximum Gasteiger partial charge on any atom is 0.260 e. The fraction of sp³-hybridized carbons (Fsp3) is 0.348. The highest BCUT2D eigenvalue weighted by molar-refractivity contribution is 5.98. The number of fused-ring (bicyclic) bond motifs is 1. The van der Waals surface area contributed by atoms with Crippen LogP contribution in [-0.2, 0) is 6.54 Å². The first-order valence-corrected chi connectivity index (χ1v) is 9.81. The van der Waals surface area contributed by atoms with Gasteiger partial charge in [0, 0.05) is 12.7 Å². The van der Waals surface area contributed by atoms with Gasteiger partial charge >= 0.3 is 0 Å². The molecule has 1 amide bonds. The molecule has 0 bridgehead atoms.